The van der Waals surface area contributed by atoms with Crippen LogP contribution in [0.1, 0.15) is 6.42 Å². The van der Waals surface area contributed by atoms with E-state index < -0.39 is 0 Å². The van der Waals surface area contributed by atoms with Crippen LogP contribution in [-0.2, 0) is 4.74 Å². The third-order valence-electron chi connectivity index (χ3n) is 3.05. The summed E-state index contributed by atoms with van der Waals surface area (Å²) in [5.41, 5.74) is 6.95. The molecule has 0 radical (unpaired) electrons. The molecule has 14 heavy (non-hydrogen) atoms. The minimum Gasteiger partial charge on any atom is -0.384 e. The summed E-state index contributed by atoms with van der Waals surface area (Å²) in [6, 6.07) is 3.90. The summed E-state index contributed by atoms with van der Waals surface area (Å²) in [7, 11) is 0. The van der Waals surface area contributed by atoms with Gasteiger partial charge in [-0.25, -0.2) is 4.98 Å². The Hall–Kier alpha value is -1.29. The second-order valence-corrected chi connectivity index (χ2v) is 4.08. The number of nitrogen functional groups attached to an aromatic ring is 1. The van der Waals surface area contributed by atoms with Gasteiger partial charge in [-0.1, -0.05) is 0 Å². The summed E-state index contributed by atoms with van der Waals surface area (Å²) in [6.07, 6.45) is 2.95. The first-order valence-corrected chi connectivity index (χ1v) is 4.88. The highest BCUT2D eigenvalue weighted by atomic mass is 16.5. The number of ether oxygens (including phenoxy) is 1. The standard InChI is InChI=1S/C10H13N3O/c11-9-5-8(1-3-12-9)13-6-10(7-13)2-4-14-10/h1,3,5H,2,4,6-7H2,(H2,11,12). The van der Waals surface area contributed by atoms with Gasteiger partial charge < -0.3 is 15.4 Å². The Balaban J connectivity index is 1.73. The largest absolute Gasteiger partial charge is 0.384 e. The van der Waals surface area contributed by atoms with Crippen LogP contribution in [-0.4, -0.2) is 30.3 Å². The first-order chi connectivity index (χ1) is 6.77. The Labute approximate surface area is 82.7 Å². The number of rotatable bonds is 1. The molecule has 0 saturated carbocycles. The first kappa shape index (κ1) is 8.05. The summed E-state index contributed by atoms with van der Waals surface area (Å²) in [5.74, 6) is 0.581. The predicted octanol–water partition coefficient (Wildman–Crippen LogP) is 0.643. The van der Waals surface area contributed by atoms with E-state index in [-0.39, 0.29) is 5.60 Å². The minimum absolute atomic E-state index is 0.179. The average Bonchev–Trinajstić information content (AvgIpc) is 1.98. The lowest BCUT2D eigenvalue weighted by Gasteiger charge is -2.56. The highest BCUT2D eigenvalue weighted by molar-refractivity contribution is 5.55. The fourth-order valence-electron chi connectivity index (χ4n) is 2.11. The van der Waals surface area contributed by atoms with E-state index in [9.17, 15) is 0 Å². The minimum atomic E-state index is 0.179. The molecule has 2 aliphatic rings. The summed E-state index contributed by atoms with van der Waals surface area (Å²) >= 11 is 0. The average molecular weight is 191 g/mol. The molecule has 1 aromatic heterocycles. The van der Waals surface area contributed by atoms with E-state index >= 15 is 0 Å². The van der Waals surface area contributed by atoms with Crippen LogP contribution >= 0.6 is 0 Å². The number of nitrogens with two attached hydrogens (primary N) is 1. The zero-order chi connectivity index (χ0) is 9.60. The maximum atomic E-state index is 5.62. The monoisotopic (exact) mass is 191 g/mol. The molecule has 0 aromatic carbocycles. The predicted molar refractivity (Wildman–Crippen MR) is 54.2 cm³/mol. The van der Waals surface area contributed by atoms with Gasteiger partial charge in [-0.2, -0.15) is 0 Å². The van der Waals surface area contributed by atoms with Gasteiger partial charge in [0.1, 0.15) is 11.4 Å². The van der Waals surface area contributed by atoms with Gasteiger partial charge in [0.05, 0.1) is 6.61 Å². The molecule has 3 heterocycles. The van der Waals surface area contributed by atoms with E-state index in [4.69, 9.17) is 10.5 Å². The van der Waals surface area contributed by atoms with Gasteiger partial charge in [0.25, 0.3) is 0 Å². The Bertz CT molecular complexity index is 354. The fraction of sp³-hybridized carbons (Fsp3) is 0.500. The Kier molecular flexibility index (Phi) is 1.50. The number of anilines is 2. The van der Waals surface area contributed by atoms with Crippen molar-refractivity contribution in [2.45, 2.75) is 12.0 Å². The normalized spacial score (nSPS) is 23.0. The number of hydrogen-bond acceptors (Lipinski definition) is 4. The fourth-order valence-corrected chi connectivity index (χ4v) is 2.11. The van der Waals surface area contributed by atoms with Gasteiger partial charge in [0.15, 0.2) is 0 Å². The number of hydrogen-bond donors (Lipinski definition) is 1. The maximum absolute atomic E-state index is 5.62. The van der Waals surface area contributed by atoms with Gasteiger partial charge in [-0.3, -0.25) is 0 Å². The van der Waals surface area contributed by atoms with Crippen LogP contribution < -0.4 is 10.6 Å². The molecule has 2 saturated heterocycles. The smallest absolute Gasteiger partial charge is 0.125 e. The summed E-state index contributed by atoms with van der Waals surface area (Å²) in [4.78, 5) is 6.25. The molecule has 0 aliphatic carbocycles. The van der Waals surface area contributed by atoms with Gasteiger partial charge in [-0.05, 0) is 6.07 Å². The maximum Gasteiger partial charge on any atom is 0.125 e. The third-order valence-corrected chi connectivity index (χ3v) is 3.05. The number of nitrogens with zero attached hydrogens (tertiary/aromatic N) is 2. The van der Waals surface area contributed by atoms with Crippen LogP contribution in [0, 0.1) is 0 Å². The molecular weight excluding hydrogens is 178 g/mol. The van der Waals surface area contributed by atoms with E-state index in [0.717, 1.165) is 25.4 Å². The molecule has 4 heteroatoms. The van der Waals surface area contributed by atoms with Crippen molar-refractivity contribution in [3.8, 4) is 0 Å². The van der Waals surface area contributed by atoms with Crippen LogP contribution in [0.5, 0.6) is 0 Å². The molecule has 74 valence electrons. The molecular formula is C10H13N3O. The lowest BCUT2D eigenvalue weighted by atomic mass is 9.86. The quantitative estimate of drug-likeness (QED) is 0.708. The van der Waals surface area contributed by atoms with Gasteiger partial charge >= 0.3 is 0 Å². The molecule has 2 N–H and O–H groups in total. The van der Waals surface area contributed by atoms with Crippen LogP contribution in [0.2, 0.25) is 0 Å². The Morgan fingerprint density at radius 1 is 1.50 bits per heavy atom. The first-order valence-electron chi connectivity index (χ1n) is 4.88. The molecule has 2 fully saturated rings. The van der Waals surface area contributed by atoms with Gasteiger partial charge in [0.2, 0.25) is 0 Å². The summed E-state index contributed by atoms with van der Waals surface area (Å²) < 4.78 is 5.55. The van der Waals surface area contributed by atoms with Crippen molar-refractivity contribution < 1.29 is 4.74 Å². The summed E-state index contributed by atoms with van der Waals surface area (Å²) in [6.45, 7) is 2.92. The molecule has 1 aromatic rings. The van der Waals surface area contributed by atoms with Crippen molar-refractivity contribution in [1.29, 1.82) is 0 Å². The van der Waals surface area contributed by atoms with Crippen molar-refractivity contribution in [2.75, 3.05) is 30.3 Å². The molecule has 0 atom stereocenters. The van der Waals surface area contributed by atoms with E-state index in [0.29, 0.717) is 5.82 Å². The Morgan fingerprint density at radius 3 is 2.86 bits per heavy atom. The summed E-state index contributed by atoms with van der Waals surface area (Å²) in [5, 5.41) is 0. The molecule has 3 rings (SSSR count). The highest BCUT2D eigenvalue weighted by Crippen LogP contribution is 2.38. The van der Waals surface area contributed by atoms with Crippen molar-refractivity contribution in [3.05, 3.63) is 18.3 Å². The van der Waals surface area contributed by atoms with E-state index in [1.165, 1.54) is 6.42 Å². The van der Waals surface area contributed by atoms with Crippen LogP contribution in [0.25, 0.3) is 0 Å². The third kappa shape index (κ3) is 1.07. The molecule has 1 spiro atoms. The molecule has 0 amide bonds. The lowest BCUT2D eigenvalue weighted by Crippen LogP contribution is -2.68. The van der Waals surface area contributed by atoms with Crippen molar-refractivity contribution in [3.63, 3.8) is 0 Å². The SMILES string of the molecule is Nc1cc(N2CC3(CCO3)C2)ccn1. The number of pyridine rings is 1. The van der Waals surface area contributed by atoms with E-state index in [1.54, 1.807) is 6.20 Å². The van der Waals surface area contributed by atoms with Crippen molar-refractivity contribution in [2.24, 2.45) is 0 Å². The van der Waals surface area contributed by atoms with Gasteiger partial charge in [-0.15, -0.1) is 0 Å². The van der Waals surface area contributed by atoms with Crippen LogP contribution in [0.3, 0.4) is 0 Å². The molecule has 2 aliphatic heterocycles. The second kappa shape index (κ2) is 2.60. The Morgan fingerprint density at radius 2 is 2.29 bits per heavy atom. The van der Waals surface area contributed by atoms with Crippen LogP contribution in [0.4, 0.5) is 11.5 Å². The highest BCUT2D eigenvalue weighted by Gasteiger charge is 2.49. The molecule has 0 bridgehead atoms. The zero-order valence-electron chi connectivity index (χ0n) is 7.94. The van der Waals surface area contributed by atoms with Crippen LogP contribution in [0.15, 0.2) is 18.3 Å². The van der Waals surface area contributed by atoms with E-state index in [1.807, 2.05) is 12.1 Å². The number of aromatic nitrogens is 1. The second-order valence-electron chi connectivity index (χ2n) is 4.08. The van der Waals surface area contributed by atoms with E-state index in [2.05, 4.69) is 9.88 Å². The molecule has 4 nitrogen and oxygen atoms in total. The zero-order valence-corrected chi connectivity index (χ0v) is 7.94. The van der Waals surface area contributed by atoms with Crippen molar-refractivity contribution in [1.82, 2.24) is 4.98 Å². The molecule has 0 unspecified atom stereocenters. The topological polar surface area (TPSA) is 51.4 Å². The lowest BCUT2D eigenvalue weighted by molar-refractivity contribution is -0.160. The van der Waals surface area contributed by atoms with Gasteiger partial charge in [0, 0.05) is 37.5 Å². The van der Waals surface area contributed by atoms with Crippen molar-refractivity contribution >= 4 is 11.5 Å².